The van der Waals surface area contributed by atoms with Crippen LogP contribution in [0.2, 0.25) is 0 Å². The minimum Gasteiger partial charge on any atom is -0.400 e. The van der Waals surface area contributed by atoms with Crippen LogP contribution >= 0.6 is 0 Å². The number of likely N-dealkylation sites (tertiary alicyclic amines) is 1. The van der Waals surface area contributed by atoms with Crippen LogP contribution in [0, 0.1) is 0 Å². The highest BCUT2D eigenvalue weighted by Crippen LogP contribution is 2.33. The molecule has 284 valence electrons. The molecule has 2 aromatic carbocycles. The van der Waals surface area contributed by atoms with Gasteiger partial charge in [-0.1, -0.05) is 54.6 Å². The van der Waals surface area contributed by atoms with Gasteiger partial charge in [0.15, 0.2) is 5.82 Å². The lowest BCUT2D eigenvalue weighted by Gasteiger charge is -2.26. The zero-order valence-electron chi connectivity index (χ0n) is 32.2. The maximum atomic E-state index is 10.5. The van der Waals surface area contributed by atoms with Crippen molar-refractivity contribution in [2.24, 2.45) is 0 Å². The van der Waals surface area contributed by atoms with Crippen molar-refractivity contribution in [1.29, 1.82) is 0 Å². The number of aromatic nitrogens is 6. The second-order valence-corrected chi connectivity index (χ2v) is 12.4. The van der Waals surface area contributed by atoms with Gasteiger partial charge in [-0.15, -0.1) is 0 Å². The summed E-state index contributed by atoms with van der Waals surface area (Å²) in [6.45, 7) is 11.2. The summed E-state index contributed by atoms with van der Waals surface area (Å²) in [6, 6.07) is 18.8. The number of H-pyrrole nitrogens is 2. The Balaban J connectivity index is 0.000000451. The first-order chi connectivity index (χ1) is 25.7. The number of aliphatic hydroxyl groups excluding tert-OH is 1. The Labute approximate surface area is 313 Å². The van der Waals surface area contributed by atoms with Gasteiger partial charge >= 0.3 is 0 Å². The molecule has 0 saturated carbocycles. The van der Waals surface area contributed by atoms with E-state index in [1.54, 1.807) is 7.05 Å². The van der Waals surface area contributed by atoms with E-state index >= 15 is 0 Å². The number of aliphatic hydroxyl groups is 1. The molecular formula is C40H55N9O4. The van der Waals surface area contributed by atoms with Crippen LogP contribution < -0.4 is 5.32 Å². The summed E-state index contributed by atoms with van der Waals surface area (Å²) in [4.78, 5) is 57.3. The number of nitrogens with one attached hydrogen (secondary N) is 3. The molecule has 0 bridgehead atoms. The highest BCUT2D eigenvalue weighted by atomic mass is 16.2. The summed E-state index contributed by atoms with van der Waals surface area (Å²) in [6.07, 6.45) is 11.5. The molecule has 1 aliphatic rings. The lowest BCUT2D eigenvalue weighted by molar-refractivity contribution is -0.109. The molecule has 3 atom stereocenters. The van der Waals surface area contributed by atoms with Gasteiger partial charge < -0.3 is 34.8 Å². The molecule has 0 radical (unpaired) electrons. The van der Waals surface area contributed by atoms with E-state index in [9.17, 15) is 4.79 Å². The lowest BCUT2D eigenvalue weighted by atomic mass is 10.1. The van der Waals surface area contributed by atoms with Gasteiger partial charge in [0.1, 0.15) is 31.0 Å². The van der Waals surface area contributed by atoms with Crippen molar-refractivity contribution < 1.29 is 19.5 Å². The standard InChI is InChI=1S/C27H34N8.C9H11NO.C2H4O.CH4O.CH2O/c1-17(2)35-12-6-7-24(35)27-31-16-23(33-27)21-13-28-26(29-14-21)20-10-8-19(9-11-20)22-15-30-25(32-22)18(3)34(4)5;1-10-9(7-11)8-5-3-2-4-6-8;1-2-3;2*1-2/h8-11,13-18,24H,6-7,12H2,1-5H3,(H,30,32)(H,31,33);2-7,9-10H,1H3;2H,1H3;2H,1H3;1H2/t18-,24-;9-;;;/m00.../s1. The van der Waals surface area contributed by atoms with Crippen molar-refractivity contribution >= 4 is 19.4 Å². The van der Waals surface area contributed by atoms with E-state index in [0.29, 0.717) is 17.9 Å². The molecule has 0 amide bonds. The third kappa shape index (κ3) is 12.5. The van der Waals surface area contributed by atoms with Crippen molar-refractivity contribution in [2.45, 2.75) is 64.7 Å². The number of carbonyl (C=O) groups excluding carboxylic acids is 3. The van der Waals surface area contributed by atoms with Gasteiger partial charge in [-0.25, -0.2) is 19.9 Å². The molecule has 5 aromatic rings. The molecular weight excluding hydrogens is 670 g/mol. The number of aromatic amines is 2. The lowest BCUT2D eigenvalue weighted by Crippen LogP contribution is -2.30. The van der Waals surface area contributed by atoms with Gasteiger partial charge in [0.05, 0.1) is 41.9 Å². The predicted octanol–water partition coefficient (Wildman–Crippen LogP) is 5.87. The summed E-state index contributed by atoms with van der Waals surface area (Å²) in [5, 5.41) is 9.90. The minimum atomic E-state index is -0.170. The van der Waals surface area contributed by atoms with E-state index in [2.05, 4.69) is 90.1 Å². The van der Waals surface area contributed by atoms with Crippen LogP contribution in [0.4, 0.5) is 0 Å². The minimum absolute atomic E-state index is 0.170. The molecule has 0 spiro atoms. The van der Waals surface area contributed by atoms with E-state index < -0.39 is 0 Å². The van der Waals surface area contributed by atoms with Crippen molar-refractivity contribution in [3.05, 3.63) is 96.6 Å². The Kier molecular flexibility index (Phi) is 19.4. The molecule has 1 saturated heterocycles. The molecule has 0 unspecified atom stereocenters. The van der Waals surface area contributed by atoms with Gasteiger partial charge in [0.25, 0.3) is 0 Å². The normalized spacial score (nSPS) is 14.6. The quantitative estimate of drug-likeness (QED) is 0.127. The second kappa shape index (κ2) is 23.4. The van der Waals surface area contributed by atoms with Gasteiger partial charge in [-0.05, 0) is 79.4 Å². The zero-order chi connectivity index (χ0) is 39.3. The summed E-state index contributed by atoms with van der Waals surface area (Å²) >= 11 is 0. The number of carbonyl (C=O) groups is 3. The molecule has 1 aliphatic heterocycles. The summed E-state index contributed by atoms with van der Waals surface area (Å²) < 4.78 is 0. The zero-order valence-corrected chi connectivity index (χ0v) is 32.2. The van der Waals surface area contributed by atoms with Crippen molar-refractivity contribution in [2.75, 3.05) is 34.8 Å². The highest BCUT2D eigenvalue weighted by molar-refractivity contribution is 5.66. The molecule has 3 aromatic heterocycles. The van der Waals surface area contributed by atoms with Crippen LogP contribution in [0.3, 0.4) is 0 Å². The van der Waals surface area contributed by atoms with Crippen LogP contribution in [0.1, 0.15) is 75.9 Å². The molecule has 4 heterocycles. The fraction of sp³-hybridized carbons (Fsp3) is 0.375. The number of rotatable bonds is 10. The maximum Gasteiger partial charge on any atom is 0.159 e. The number of benzene rings is 2. The third-order valence-electron chi connectivity index (χ3n) is 8.66. The second-order valence-electron chi connectivity index (χ2n) is 12.4. The first-order valence-electron chi connectivity index (χ1n) is 17.5. The fourth-order valence-electron chi connectivity index (χ4n) is 5.68. The van der Waals surface area contributed by atoms with E-state index in [-0.39, 0.29) is 12.1 Å². The summed E-state index contributed by atoms with van der Waals surface area (Å²) in [7, 11) is 6.87. The fourth-order valence-corrected chi connectivity index (χ4v) is 5.68. The topological polar surface area (TPSA) is 173 Å². The Bertz CT molecular complexity index is 1740. The number of nitrogens with zero attached hydrogens (tertiary/aromatic N) is 6. The predicted molar refractivity (Wildman–Crippen MR) is 210 cm³/mol. The van der Waals surface area contributed by atoms with Crippen LogP contribution in [0.25, 0.3) is 33.9 Å². The third-order valence-corrected chi connectivity index (χ3v) is 8.66. The maximum absolute atomic E-state index is 10.5. The van der Waals surface area contributed by atoms with Crippen LogP contribution in [-0.4, -0.2) is 105 Å². The first-order valence-corrected chi connectivity index (χ1v) is 17.5. The van der Waals surface area contributed by atoms with Crippen LogP contribution in [-0.2, 0) is 14.4 Å². The Hall–Kier alpha value is -5.21. The number of hydrogen-bond donors (Lipinski definition) is 4. The first kappa shape index (κ1) is 44.0. The molecule has 13 nitrogen and oxygen atoms in total. The summed E-state index contributed by atoms with van der Waals surface area (Å²) in [5.41, 5.74) is 5.97. The van der Waals surface area contributed by atoms with E-state index in [1.165, 1.54) is 13.3 Å². The van der Waals surface area contributed by atoms with Gasteiger partial charge in [0.2, 0.25) is 0 Å². The number of hydrogen-bond acceptors (Lipinski definition) is 11. The van der Waals surface area contributed by atoms with Crippen molar-refractivity contribution in [1.82, 2.24) is 45.0 Å². The van der Waals surface area contributed by atoms with Crippen LogP contribution in [0.5, 0.6) is 0 Å². The largest absolute Gasteiger partial charge is 0.400 e. The highest BCUT2D eigenvalue weighted by Gasteiger charge is 2.30. The average Bonchev–Trinajstić information content (AvgIpc) is 4.00. The van der Waals surface area contributed by atoms with E-state index in [1.807, 2.05) is 76.0 Å². The van der Waals surface area contributed by atoms with Gasteiger partial charge in [-0.2, -0.15) is 0 Å². The molecule has 0 aliphatic carbocycles. The van der Waals surface area contributed by atoms with Gasteiger partial charge in [-0.3, -0.25) is 9.80 Å². The average molecular weight is 726 g/mol. The SMILES string of the molecule is C=O.CC(C)N1CCC[C@H]1c1ncc(-c2cnc(-c3ccc(-c4cnc([C@H](C)N(C)C)[nH]4)cc3)nc2)[nH]1.CC=O.CN[C@@H](C=O)c1ccccc1.CO. The number of imidazole rings is 2. The summed E-state index contributed by atoms with van der Waals surface area (Å²) in [5.74, 6) is 2.70. The molecule has 13 heteroatoms. The molecule has 1 fully saturated rings. The van der Waals surface area contributed by atoms with Crippen molar-refractivity contribution in [3.8, 4) is 33.9 Å². The van der Waals surface area contributed by atoms with Gasteiger partial charge in [0, 0.05) is 36.7 Å². The Morgan fingerprint density at radius 2 is 1.42 bits per heavy atom. The Morgan fingerprint density at radius 3 is 1.96 bits per heavy atom. The van der Waals surface area contributed by atoms with E-state index in [4.69, 9.17) is 14.7 Å². The Morgan fingerprint density at radius 1 is 0.849 bits per heavy atom. The number of aldehydes is 2. The smallest absolute Gasteiger partial charge is 0.159 e. The van der Waals surface area contributed by atoms with Crippen molar-refractivity contribution in [3.63, 3.8) is 0 Å². The van der Waals surface area contributed by atoms with Crippen LogP contribution in [0.15, 0.2) is 79.4 Å². The number of likely N-dealkylation sites (N-methyl/N-ethyl adjacent to an activating group) is 1. The monoisotopic (exact) mass is 725 g/mol. The van der Waals surface area contributed by atoms with E-state index in [0.717, 1.165) is 77.9 Å². The molecule has 4 N–H and O–H groups in total. The molecule has 53 heavy (non-hydrogen) atoms. The molecule has 6 rings (SSSR count).